The predicted molar refractivity (Wildman–Crippen MR) is 106 cm³/mol. The lowest BCUT2D eigenvalue weighted by atomic mass is 10.0. The lowest BCUT2D eigenvalue weighted by molar-refractivity contribution is -0.134. The Balaban J connectivity index is 1.46. The maximum atomic E-state index is 14.0. The molecule has 0 bridgehead atoms. The SMILES string of the molecule is O=C1CCCc2cc(NC3CCCN(Cc4ccc(F)cc4F)C3=O)ccc2N1. The molecule has 2 aliphatic rings. The number of hydrogen-bond donors (Lipinski definition) is 2. The summed E-state index contributed by atoms with van der Waals surface area (Å²) >= 11 is 0. The van der Waals surface area contributed by atoms with Gasteiger partial charge in [-0.25, -0.2) is 8.78 Å². The molecule has 152 valence electrons. The average Bonchev–Trinajstić information content (AvgIpc) is 2.87. The van der Waals surface area contributed by atoms with Crippen molar-refractivity contribution in [1.29, 1.82) is 0 Å². The largest absolute Gasteiger partial charge is 0.374 e. The van der Waals surface area contributed by atoms with Crippen LogP contribution in [-0.2, 0) is 22.6 Å². The molecule has 2 aliphatic heterocycles. The van der Waals surface area contributed by atoms with E-state index in [1.807, 2.05) is 18.2 Å². The highest BCUT2D eigenvalue weighted by atomic mass is 19.1. The summed E-state index contributed by atoms with van der Waals surface area (Å²) in [4.78, 5) is 26.2. The maximum Gasteiger partial charge on any atom is 0.245 e. The number of nitrogens with one attached hydrogen (secondary N) is 2. The van der Waals surface area contributed by atoms with Gasteiger partial charge in [0.05, 0.1) is 0 Å². The number of nitrogens with zero attached hydrogens (tertiary/aromatic N) is 1. The first-order valence-electron chi connectivity index (χ1n) is 9.91. The molecule has 1 fully saturated rings. The molecule has 0 saturated carbocycles. The molecule has 0 radical (unpaired) electrons. The number of piperidine rings is 1. The number of carbonyl (C=O) groups is 2. The second-order valence-electron chi connectivity index (χ2n) is 7.61. The summed E-state index contributed by atoms with van der Waals surface area (Å²) in [5, 5.41) is 6.20. The van der Waals surface area contributed by atoms with Crippen LogP contribution in [0.25, 0.3) is 0 Å². The Bertz CT molecular complexity index is 948. The van der Waals surface area contributed by atoms with Crippen LogP contribution in [0.5, 0.6) is 0 Å². The fraction of sp³-hybridized carbons (Fsp3) is 0.364. The second kappa shape index (κ2) is 8.19. The molecule has 0 aromatic heterocycles. The van der Waals surface area contributed by atoms with Gasteiger partial charge in [-0.2, -0.15) is 0 Å². The molecule has 2 heterocycles. The smallest absolute Gasteiger partial charge is 0.245 e. The zero-order valence-electron chi connectivity index (χ0n) is 16.0. The van der Waals surface area contributed by atoms with E-state index in [0.717, 1.165) is 42.3 Å². The summed E-state index contributed by atoms with van der Waals surface area (Å²) in [7, 11) is 0. The Hall–Kier alpha value is -2.96. The highest BCUT2D eigenvalue weighted by Gasteiger charge is 2.29. The van der Waals surface area contributed by atoms with Crippen LogP contribution in [0.1, 0.15) is 36.8 Å². The van der Waals surface area contributed by atoms with E-state index in [1.54, 1.807) is 4.90 Å². The van der Waals surface area contributed by atoms with Crippen LogP contribution in [0.4, 0.5) is 20.2 Å². The van der Waals surface area contributed by atoms with E-state index in [2.05, 4.69) is 10.6 Å². The van der Waals surface area contributed by atoms with Crippen molar-refractivity contribution >= 4 is 23.2 Å². The molecule has 29 heavy (non-hydrogen) atoms. The summed E-state index contributed by atoms with van der Waals surface area (Å²) in [6, 6.07) is 8.73. The molecule has 7 heteroatoms. The lowest BCUT2D eigenvalue weighted by Crippen LogP contribution is -2.47. The monoisotopic (exact) mass is 399 g/mol. The van der Waals surface area contributed by atoms with Gasteiger partial charge in [0.2, 0.25) is 11.8 Å². The van der Waals surface area contributed by atoms with Crippen molar-refractivity contribution in [2.75, 3.05) is 17.2 Å². The van der Waals surface area contributed by atoms with Gasteiger partial charge >= 0.3 is 0 Å². The molecule has 2 aromatic carbocycles. The first-order valence-corrected chi connectivity index (χ1v) is 9.91. The Kier molecular flexibility index (Phi) is 5.47. The minimum atomic E-state index is -0.638. The number of benzene rings is 2. The van der Waals surface area contributed by atoms with E-state index >= 15 is 0 Å². The molecule has 2 N–H and O–H groups in total. The van der Waals surface area contributed by atoms with E-state index in [9.17, 15) is 18.4 Å². The van der Waals surface area contributed by atoms with Crippen molar-refractivity contribution in [2.45, 2.75) is 44.7 Å². The summed E-state index contributed by atoms with van der Waals surface area (Å²) < 4.78 is 27.1. The van der Waals surface area contributed by atoms with Gasteiger partial charge in [0, 0.05) is 42.5 Å². The van der Waals surface area contributed by atoms with Gasteiger partial charge in [0.1, 0.15) is 17.7 Å². The molecule has 0 aliphatic carbocycles. The van der Waals surface area contributed by atoms with Crippen molar-refractivity contribution in [3.05, 3.63) is 59.2 Å². The molecular formula is C22H23F2N3O2. The Morgan fingerprint density at radius 1 is 1.07 bits per heavy atom. The molecule has 4 rings (SSSR count). The molecule has 0 spiro atoms. The predicted octanol–water partition coefficient (Wildman–Crippen LogP) is 3.84. The summed E-state index contributed by atoms with van der Waals surface area (Å²) in [5.41, 5.74) is 3.00. The van der Waals surface area contributed by atoms with Gasteiger partial charge in [-0.15, -0.1) is 0 Å². The number of fused-ring (bicyclic) bond motifs is 1. The lowest BCUT2D eigenvalue weighted by Gasteiger charge is -2.33. The van der Waals surface area contributed by atoms with Crippen LogP contribution in [0.15, 0.2) is 36.4 Å². The standard InChI is InChI=1S/C22H23F2N3O2/c23-16-7-6-15(18(24)12-16)13-27-10-2-4-20(22(27)29)25-17-8-9-19-14(11-17)3-1-5-21(28)26-19/h6-9,11-12,20,25H,1-5,10,13H2,(H,26,28). The molecular weight excluding hydrogens is 376 g/mol. The molecule has 1 unspecified atom stereocenters. The van der Waals surface area contributed by atoms with Gasteiger partial charge in [0.15, 0.2) is 0 Å². The second-order valence-corrected chi connectivity index (χ2v) is 7.61. The van der Waals surface area contributed by atoms with Crippen molar-refractivity contribution in [3.8, 4) is 0 Å². The number of halogens is 2. The Morgan fingerprint density at radius 2 is 1.93 bits per heavy atom. The number of rotatable bonds is 4. The van der Waals surface area contributed by atoms with Gasteiger partial charge in [-0.3, -0.25) is 9.59 Å². The van der Waals surface area contributed by atoms with E-state index in [4.69, 9.17) is 0 Å². The Morgan fingerprint density at radius 3 is 2.76 bits per heavy atom. The summed E-state index contributed by atoms with van der Waals surface area (Å²) in [5.74, 6) is -1.34. The van der Waals surface area contributed by atoms with Gasteiger partial charge in [-0.05, 0) is 55.5 Å². The third-order valence-corrected chi connectivity index (χ3v) is 5.48. The zero-order valence-corrected chi connectivity index (χ0v) is 16.0. The summed E-state index contributed by atoms with van der Waals surface area (Å²) in [6.07, 6.45) is 3.59. The van der Waals surface area contributed by atoms with Gasteiger partial charge in [-0.1, -0.05) is 6.07 Å². The van der Waals surface area contributed by atoms with Crippen LogP contribution in [0.2, 0.25) is 0 Å². The van der Waals surface area contributed by atoms with Crippen molar-refractivity contribution in [3.63, 3.8) is 0 Å². The molecule has 2 amide bonds. The third kappa shape index (κ3) is 4.39. The molecule has 1 saturated heterocycles. The molecule has 2 aromatic rings. The van der Waals surface area contributed by atoms with Crippen molar-refractivity contribution in [1.82, 2.24) is 4.90 Å². The fourth-order valence-corrected chi connectivity index (χ4v) is 3.95. The topological polar surface area (TPSA) is 61.4 Å². The first kappa shape index (κ1) is 19.4. The first-order chi connectivity index (χ1) is 14.0. The van der Waals surface area contributed by atoms with Gasteiger partial charge < -0.3 is 15.5 Å². The normalized spacial score (nSPS) is 19.4. The zero-order chi connectivity index (χ0) is 20.4. The maximum absolute atomic E-state index is 14.0. The minimum Gasteiger partial charge on any atom is -0.374 e. The average molecular weight is 399 g/mol. The van der Waals surface area contributed by atoms with Crippen LogP contribution in [-0.4, -0.2) is 29.3 Å². The van der Waals surface area contributed by atoms with Crippen LogP contribution in [0.3, 0.4) is 0 Å². The number of anilines is 2. The van der Waals surface area contributed by atoms with E-state index in [-0.39, 0.29) is 18.4 Å². The van der Waals surface area contributed by atoms with Gasteiger partial charge in [0.25, 0.3) is 0 Å². The van der Waals surface area contributed by atoms with Crippen molar-refractivity contribution in [2.24, 2.45) is 0 Å². The number of aryl methyl sites for hydroxylation is 1. The minimum absolute atomic E-state index is 0.0237. The van der Waals surface area contributed by atoms with Crippen LogP contribution >= 0.6 is 0 Å². The fourth-order valence-electron chi connectivity index (χ4n) is 3.95. The van der Waals surface area contributed by atoms with Crippen LogP contribution in [0, 0.1) is 11.6 Å². The number of hydrogen-bond acceptors (Lipinski definition) is 3. The summed E-state index contributed by atoms with van der Waals surface area (Å²) in [6.45, 7) is 0.670. The van der Waals surface area contributed by atoms with E-state index in [0.29, 0.717) is 24.9 Å². The number of carbonyl (C=O) groups excluding carboxylic acids is 2. The Labute approximate surface area is 168 Å². The third-order valence-electron chi connectivity index (χ3n) is 5.48. The molecule has 1 atom stereocenters. The van der Waals surface area contributed by atoms with Crippen LogP contribution < -0.4 is 10.6 Å². The highest BCUT2D eigenvalue weighted by molar-refractivity contribution is 5.92. The molecule has 5 nitrogen and oxygen atoms in total. The quantitative estimate of drug-likeness (QED) is 0.821. The number of amides is 2. The van der Waals surface area contributed by atoms with E-state index < -0.39 is 17.7 Å². The van der Waals surface area contributed by atoms with Crippen molar-refractivity contribution < 1.29 is 18.4 Å². The number of likely N-dealkylation sites (tertiary alicyclic amines) is 1. The highest BCUT2D eigenvalue weighted by Crippen LogP contribution is 2.27. The van der Waals surface area contributed by atoms with E-state index in [1.165, 1.54) is 12.1 Å².